The maximum atomic E-state index is 5.30. The second-order valence-electron chi connectivity index (χ2n) is 5.36. The highest BCUT2D eigenvalue weighted by atomic mass is 16.5. The number of nitrogens with one attached hydrogen (secondary N) is 2. The molecule has 3 rings (SSSR count). The summed E-state index contributed by atoms with van der Waals surface area (Å²) in [5.74, 6) is 1.79. The maximum Gasteiger partial charge on any atom is 0.134 e. The first-order valence-electron chi connectivity index (χ1n) is 6.62. The van der Waals surface area contributed by atoms with Crippen LogP contribution >= 0.6 is 0 Å². The van der Waals surface area contributed by atoms with E-state index in [9.17, 15) is 0 Å². The zero-order valence-electron chi connectivity index (χ0n) is 11.4. The second-order valence-corrected chi connectivity index (χ2v) is 5.36. The third-order valence-electron chi connectivity index (χ3n) is 3.76. The molecule has 1 atom stereocenters. The Morgan fingerprint density at radius 3 is 3.00 bits per heavy atom. The summed E-state index contributed by atoms with van der Waals surface area (Å²) in [5, 5.41) is 9.25. The Balaban J connectivity index is 2.02. The van der Waals surface area contributed by atoms with Gasteiger partial charge in [-0.1, -0.05) is 6.07 Å². The van der Waals surface area contributed by atoms with Gasteiger partial charge >= 0.3 is 0 Å². The van der Waals surface area contributed by atoms with Gasteiger partial charge in [0.1, 0.15) is 11.6 Å². The van der Waals surface area contributed by atoms with Crippen molar-refractivity contribution in [1.29, 1.82) is 0 Å². The molecule has 2 N–H and O–H groups in total. The van der Waals surface area contributed by atoms with Gasteiger partial charge in [0.25, 0.3) is 0 Å². The Morgan fingerprint density at radius 1 is 1.37 bits per heavy atom. The van der Waals surface area contributed by atoms with Gasteiger partial charge in [0.05, 0.1) is 7.11 Å². The van der Waals surface area contributed by atoms with Gasteiger partial charge < -0.3 is 15.4 Å². The normalized spacial score (nSPS) is 22.6. The number of fused-ring (bicyclic) bond motifs is 1. The Morgan fingerprint density at radius 2 is 2.26 bits per heavy atom. The van der Waals surface area contributed by atoms with Crippen molar-refractivity contribution in [3.8, 4) is 5.75 Å². The van der Waals surface area contributed by atoms with E-state index in [1.165, 1.54) is 5.39 Å². The molecular formula is C15H19N3O. The van der Waals surface area contributed by atoms with E-state index in [0.29, 0.717) is 0 Å². The summed E-state index contributed by atoms with van der Waals surface area (Å²) in [5.41, 5.74) is 0.0738. The summed E-state index contributed by atoms with van der Waals surface area (Å²) in [6.45, 7) is 4.25. The van der Waals surface area contributed by atoms with Gasteiger partial charge in [0.15, 0.2) is 0 Å². The first-order chi connectivity index (χ1) is 9.20. The van der Waals surface area contributed by atoms with Crippen molar-refractivity contribution in [3.63, 3.8) is 0 Å². The molecule has 1 unspecified atom stereocenters. The van der Waals surface area contributed by atoms with Gasteiger partial charge in [-0.15, -0.1) is 0 Å². The third kappa shape index (κ3) is 2.36. The fourth-order valence-corrected chi connectivity index (χ4v) is 2.58. The van der Waals surface area contributed by atoms with E-state index in [1.807, 2.05) is 24.4 Å². The molecular weight excluding hydrogens is 238 g/mol. The average Bonchev–Trinajstić information content (AvgIpc) is 2.85. The molecule has 100 valence electrons. The molecule has 0 aliphatic carbocycles. The molecule has 1 aliphatic heterocycles. The van der Waals surface area contributed by atoms with Crippen LogP contribution in [0.15, 0.2) is 30.5 Å². The second kappa shape index (κ2) is 4.70. The molecule has 0 bridgehead atoms. The first kappa shape index (κ1) is 12.2. The van der Waals surface area contributed by atoms with Crippen molar-refractivity contribution >= 4 is 16.6 Å². The first-order valence-corrected chi connectivity index (χ1v) is 6.62. The summed E-state index contributed by atoms with van der Waals surface area (Å²) >= 11 is 0. The number of nitrogens with zero attached hydrogens (tertiary/aromatic N) is 1. The third-order valence-corrected chi connectivity index (χ3v) is 3.76. The number of hydrogen-bond acceptors (Lipinski definition) is 4. The summed E-state index contributed by atoms with van der Waals surface area (Å²) in [7, 11) is 1.69. The molecule has 1 aromatic heterocycles. The van der Waals surface area contributed by atoms with Crippen LogP contribution in [-0.4, -0.2) is 30.7 Å². The molecule has 4 nitrogen and oxygen atoms in total. The van der Waals surface area contributed by atoms with Gasteiger partial charge in [-0.2, -0.15) is 0 Å². The van der Waals surface area contributed by atoms with Gasteiger partial charge in [0, 0.05) is 23.7 Å². The standard InChI is InChI=1S/C15H19N3O/c1-15(6-8-16-10-15)18-14-13-9-12(19-2)4-3-11(13)5-7-17-14/h3-5,7,9,16H,6,8,10H2,1-2H3,(H,17,18). The summed E-state index contributed by atoms with van der Waals surface area (Å²) in [6.07, 6.45) is 2.96. The quantitative estimate of drug-likeness (QED) is 0.886. The minimum atomic E-state index is 0.0738. The van der Waals surface area contributed by atoms with Crippen LogP contribution in [0.2, 0.25) is 0 Å². The van der Waals surface area contributed by atoms with Crippen LogP contribution in [0.5, 0.6) is 5.75 Å². The molecule has 0 saturated carbocycles. The number of rotatable bonds is 3. The fraction of sp³-hybridized carbons (Fsp3) is 0.400. The predicted molar refractivity (Wildman–Crippen MR) is 77.8 cm³/mol. The van der Waals surface area contributed by atoms with Crippen molar-refractivity contribution in [2.45, 2.75) is 18.9 Å². The molecule has 0 radical (unpaired) electrons. The van der Waals surface area contributed by atoms with E-state index in [2.05, 4.69) is 28.6 Å². The van der Waals surface area contributed by atoms with Gasteiger partial charge in [-0.05, 0) is 43.5 Å². The molecule has 19 heavy (non-hydrogen) atoms. The zero-order chi connectivity index (χ0) is 13.3. The number of benzene rings is 1. The van der Waals surface area contributed by atoms with Crippen LogP contribution in [0.1, 0.15) is 13.3 Å². The number of methoxy groups -OCH3 is 1. The van der Waals surface area contributed by atoms with Crippen LogP contribution in [-0.2, 0) is 0 Å². The lowest BCUT2D eigenvalue weighted by atomic mass is 10.0. The van der Waals surface area contributed by atoms with E-state index >= 15 is 0 Å². The molecule has 2 aromatic rings. The minimum Gasteiger partial charge on any atom is -0.497 e. The van der Waals surface area contributed by atoms with Crippen molar-refractivity contribution in [2.75, 3.05) is 25.5 Å². The predicted octanol–water partition coefficient (Wildman–Crippen LogP) is 2.41. The van der Waals surface area contributed by atoms with Crippen molar-refractivity contribution < 1.29 is 4.74 Å². The molecule has 1 saturated heterocycles. The number of anilines is 1. The van der Waals surface area contributed by atoms with Crippen LogP contribution in [0.3, 0.4) is 0 Å². The van der Waals surface area contributed by atoms with Crippen LogP contribution < -0.4 is 15.4 Å². The lowest BCUT2D eigenvalue weighted by Crippen LogP contribution is -2.37. The summed E-state index contributed by atoms with van der Waals surface area (Å²) < 4.78 is 5.30. The monoisotopic (exact) mass is 257 g/mol. The maximum absolute atomic E-state index is 5.30. The van der Waals surface area contributed by atoms with Crippen LogP contribution in [0.25, 0.3) is 10.8 Å². The minimum absolute atomic E-state index is 0.0738. The Bertz CT molecular complexity index is 591. The van der Waals surface area contributed by atoms with E-state index in [-0.39, 0.29) is 5.54 Å². The lowest BCUT2D eigenvalue weighted by Gasteiger charge is -2.26. The Kier molecular flexibility index (Phi) is 3.03. The Labute approximate surface area is 113 Å². The average molecular weight is 257 g/mol. The molecule has 4 heteroatoms. The van der Waals surface area contributed by atoms with E-state index < -0.39 is 0 Å². The van der Waals surface area contributed by atoms with Gasteiger partial charge in [0.2, 0.25) is 0 Å². The largest absolute Gasteiger partial charge is 0.497 e. The zero-order valence-corrected chi connectivity index (χ0v) is 11.4. The van der Waals surface area contributed by atoms with Crippen molar-refractivity contribution in [1.82, 2.24) is 10.3 Å². The van der Waals surface area contributed by atoms with E-state index in [4.69, 9.17) is 4.74 Å². The van der Waals surface area contributed by atoms with Crippen molar-refractivity contribution in [3.05, 3.63) is 30.5 Å². The Hall–Kier alpha value is -1.81. The highest BCUT2D eigenvalue weighted by molar-refractivity contribution is 5.93. The number of pyridine rings is 1. The topological polar surface area (TPSA) is 46.2 Å². The molecule has 1 fully saturated rings. The number of aromatic nitrogens is 1. The lowest BCUT2D eigenvalue weighted by molar-refractivity contribution is 0.415. The summed E-state index contributed by atoms with van der Waals surface area (Å²) in [6, 6.07) is 8.10. The van der Waals surface area contributed by atoms with Crippen LogP contribution in [0.4, 0.5) is 5.82 Å². The highest BCUT2D eigenvalue weighted by Gasteiger charge is 2.28. The molecule has 1 aliphatic rings. The molecule has 1 aromatic carbocycles. The molecule has 2 heterocycles. The van der Waals surface area contributed by atoms with E-state index in [1.54, 1.807) is 7.11 Å². The molecule has 0 spiro atoms. The summed E-state index contributed by atoms with van der Waals surface area (Å²) in [4.78, 5) is 4.50. The SMILES string of the molecule is COc1ccc2ccnc(NC3(C)CCNC3)c2c1. The van der Waals surface area contributed by atoms with Crippen LogP contribution in [0, 0.1) is 0 Å². The molecule has 0 amide bonds. The number of ether oxygens (including phenoxy) is 1. The van der Waals surface area contributed by atoms with Gasteiger partial charge in [-0.3, -0.25) is 0 Å². The van der Waals surface area contributed by atoms with E-state index in [0.717, 1.165) is 36.5 Å². The number of hydrogen-bond donors (Lipinski definition) is 2. The van der Waals surface area contributed by atoms with Gasteiger partial charge in [-0.25, -0.2) is 4.98 Å². The smallest absolute Gasteiger partial charge is 0.134 e. The fourth-order valence-electron chi connectivity index (χ4n) is 2.58. The highest BCUT2D eigenvalue weighted by Crippen LogP contribution is 2.29. The van der Waals surface area contributed by atoms with Crippen molar-refractivity contribution in [2.24, 2.45) is 0 Å².